The number of rotatable bonds is 3. The molecule has 1 heterocycles. The van der Waals surface area contributed by atoms with Gasteiger partial charge in [-0.3, -0.25) is 0 Å². The number of halogens is 1. The fraction of sp³-hybridized carbons (Fsp3) is 0.538. The van der Waals surface area contributed by atoms with Crippen LogP contribution in [0.25, 0.3) is 0 Å². The lowest BCUT2D eigenvalue weighted by atomic mass is 9.90. The van der Waals surface area contributed by atoms with Crippen molar-refractivity contribution in [1.82, 2.24) is 5.32 Å². The molecular weight excluding hydrogens is 205 g/mol. The average molecular weight is 223 g/mol. The van der Waals surface area contributed by atoms with Crippen molar-refractivity contribution in [1.29, 1.82) is 0 Å². The van der Waals surface area contributed by atoms with Gasteiger partial charge in [-0.1, -0.05) is 12.1 Å². The van der Waals surface area contributed by atoms with Crippen LogP contribution >= 0.6 is 0 Å². The lowest BCUT2D eigenvalue weighted by Gasteiger charge is -2.24. The van der Waals surface area contributed by atoms with E-state index in [2.05, 4.69) is 5.32 Å². The molecule has 0 saturated carbocycles. The van der Waals surface area contributed by atoms with Crippen LogP contribution in [0.4, 0.5) is 4.39 Å². The molecule has 2 atom stereocenters. The molecule has 2 nitrogen and oxygen atoms in total. The molecule has 1 aliphatic heterocycles. The van der Waals surface area contributed by atoms with Gasteiger partial charge in [-0.25, -0.2) is 4.39 Å². The molecule has 2 unspecified atom stereocenters. The van der Waals surface area contributed by atoms with Gasteiger partial charge in [-0.2, -0.15) is 0 Å². The Morgan fingerprint density at radius 1 is 1.56 bits per heavy atom. The quantitative estimate of drug-likeness (QED) is 0.825. The molecule has 0 aliphatic carbocycles. The summed E-state index contributed by atoms with van der Waals surface area (Å²) in [7, 11) is 0. The van der Waals surface area contributed by atoms with Gasteiger partial charge in [-0.05, 0) is 44.0 Å². The monoisotopic (exact) mass is 223 g/mol. The highest BCUT2D eigenvalue weighted by Gasteiger charge is 2.31. The van der Waals surface area contributed by atoms with Crippen LogP contribution in [-0.2, 0) is 5.67 Å². The lowest BCUT2D eigenvalue weighted by molar-refractivity contribution is 0.159. The molecule has 0 radical (unpaired) electrons. The van der Waals surface area contributed by atoms with E-state index in [1.165, 1.54) is 6.07 Å². The van der Waals surface area contributed by atoms with Crippen LogP contribution in [0.3, 0.4) is 0 Å². The van der Waals surface area contributed by atoms with Crippen molar-refractivity contribution in [2.45, 2.75) is 37.9 Å². The fourth-order valence-electron chi connectivity index (χ4n) is 2.34. The first-order valence-electron chi connectivity index (χ1n) is 5.80. The predicted octanol–water partition coefficient (Wildman–Crippen LogP) is 2.72. The molecule has 1 aromatic carbocycles. The Morgan fingerprint density at radius 2 is 2.38 bits per heavy atom. The zero-order chi connectivity index (χ0) is 11.6. The number of phenolic OH excluding ortho intramolecular Hbond substituents is 1. The van der Waals surface area contributed by atoms with Crippen LogP contribution in [0, 0.1) is 0 Å². The molecule has 2 rings (SSSR count). The average Bonchev–Trinajstić information content (AvgIpc) is 2.70. The van der Waals surface area contributed by atoms with Crippen molar-refractivity contribution in [2.24, 2.45) is 0 Å². The minimum absolute atomic E-state index is 0.126. The highest BCUT2D eigenvalue weighted by atomic mass is 19.1. The second-order valence-electron chi connectivity index (χ2n) is 4.75. The number of hydrogen-bond donors (Lipinski definition) is 2. The molecule has 1 fully saturated rings. The summed E-state index contributed by atoms with van der Waals surface area (Å²) in [5.41, 5.74) is -0.818. The first kappa shape index (κ1) is 11.4. The normalized spacial score (nSPS) is 24.2. The van der Waals surface area contributed by atoms with E-state index in [1.807, 2.05) is 0 Å². The maximum absolute atomic E-state index is 14.5. The zero-order valence-corrected chi connectivity index (χ0v) is 9.54. The number of nitrogens with one attached hydrogen (secondary N) is 1. The van der Waals surface area contributed by atoms with Crippen LogP contribution in [0.1, 0.15) is 31.7 Å². The molecule has 0 amide bonds. The summed E-state index contributed by atoms with van der Waals surface area (Å²) >= 11 is 0. The Bertz CT molecular complexity index is 359. The van der Waals surface area contributed by atoms with Crippen molar-refractivity contribution in [2.75, 3.05) is 6.54 Å². The van der Waals surface area contributed by atoms with E-state index in [0.29, 0.717) is 12.0 Å². The number of benzene rings is 1. The van der Waals surface area contributed by atoms with Crippen LogP contribution < -0.4 is 5.32 Å². The highest BCUT2D eigenvalue weighted by Crippen LogP contribution is 2.33. The molecular formula is C13H18FNO. The van der Waals surface area contributed by atoms with E-state index >= 15 is 0 Å². The Morgan fingerprint density at radius 3 is 3.00 bits per heavy atom. The highest BCUT2D eigenvalue weighted by molar-refractivity contribution is 5.31. The van der Waals surface area contributed by atoms with Crippen molar-refractivity contribution in [3.63, 3.8) is 0 Å². The molecule has 1 aliphatic rings. The van der Waals surface area contributed by atoms with Crippen LogP contribution in [-0.4, -0.2) is 17.7 Å². The Balaban J connectivity index is 2.10. The Kier molecular flexibility index (Phi) is 3.15. The van der Waals surface area contributed by atoms with Crippen LogP contribution in [0.15, 0.2) is 24.3 Å². The largest absolute Gasteiger partial charge is 0.508 e. The summed E-state index contributed by atoms with van der Waals surface area (Å²) < 4.78 is 14.5. The van der Waals surface area contributed by atoms with Gasteiger partial charge in [0.1, 0.15) is 11.4 Å². The van der Waals surface area contributed by atoms with Gasteiger partial charge >= 0.3 is 0 Å². The second kappa shape index (κ2) is 4.42. The standard InChI is InChI=1S/C13H18FNO/c1-13(14,9-11-5-3-7-15-11)10-4-2-6-12(16)8-10/h2,4,6,8,11,15-16H,3,5,7,9H2,1H3. The third kappa shape index (κ3) is 2.53. The third-order valence-electron chi connectivity index (χ3n) is 3.24. The second-order valence-corrected chi connectivity index (χ2v) is 4.75. The Labute approximate surface area is 95.5 Å². The van der Waals surface area contributed by atoms with Gasteiger partial charge in [0.15, 0.2) is 0 Å². The summed E-state index contributed by atoms with van der Waals surface area (Å²) in [4.78, 5) is 0. The number of alkyl halides is 1. The molecule has 88 valence electrons. The van der Waals surface area contributed by atoms with Gasteiger partial charge in [-0.15, -0.1) is 0 Å². The van der Waals surface area contributed by atoms with Crippen molar-refractivity contribution >= 4 is 0 Å². The van der Waals surface area contributed by atoms with Gasteiger partial charge in [0.05, 0.1) is 0 Å². The molecule has 1 saturated heterocycles. The van der Waals surface area contributed by atoms with E-state index in [1.54, 1.807) is 25.1 Å². The van der Waals surface area contributed by atoms with Crippen molar-refractivity contribution in [3.05, 3.63) is 29.8 Å². The SMILES string of the molecule is CC(F)(CC1CCCN1)c1cccc(O)c1. The molecule has 3 heteroatoms. The molecule has 2 N–H and O–H groups in total. The maximum Gasteiger partial charge on any atom is 0.134 e. The lowest BCUT2D eigenvalue weighted by Crippen LogP contribution is -2.29. The van der Waals surface area contributed by atoms with Crippen LogP contribution in [0.2, 0.25) is 0 Å². The molecule has 0 bridgehead atoms. The van der Waals surface area contributed by atoms with Gasteiger partial charge in [0, 0.05) is 12.5 Å². The molecule has 1 aromatic rings. The van der Waals surface area contributed by atoms with E-state index < -0.39 is 5.67 Å². The minimum Gasteiger partial charge on any atom is -0.508 e. The van der Waals surface area contributed by atoms with Gasteiger partial charge in [0.25, 0.3) is 0 Å². The molecule has 0 aromatic heterocycles. The summed E-state index contributed by atoms with van der Waals surface area (Å²) in [5.74, 6) is 0.126. The summed E-state index contributed by atoms with van der Waals surface area (Å²) in [6, 6.07) is 6.75. The number of hydrogen-bond acceptors (Lipinski definition) is 2. The summed E-state index contributed by atoms with van der Waals surface area (Å²) in [6.45, 7) is 2.57. The maximum atomic E-state index is 14.5. The van der Waals surface area contributed by atoms with Crippen molar-refractivity contribution < 1.29 is 9.50 Å². The summed E-state index contributed by atoms with van der Waals surface area (Å²) in [5, 5.41) is 12.6. The topological polar surface area (TPSA) is 32.3 Å². The summed E-state index contributed by atoms with van der Waals surface area (Å²) in [6.07, 6.45) is 2.63. The van der Waals surface area contributed by atoms with Gasteiger partial charge < -0.3 is 10.4 Å². The smallest absolute Gasteiger partial charge is 0.134 e. The van der Waals surface area contributed by atoms with E-state index in [4.69, 9.17) is 0 Å². The first-order chi connectivity index (χ1) is 7.58. The van der Waals surface area contributed by atoms with E-state index in [0.717, 1.165) is 19.4 Å². The van der Waals surface area contributed by atoms with E-state index in [9.17, 15) is 9.50 Å². The predicted molar refractivity (Wildman–Crippen MR) is 62.2 cm³/mol. The minimum atomic E-state index is -1.37. The first-order valence-corrected chi connectivity index (χ1v) is 5.80. The van der Waals surface area contributed by atoms with Crippen LogP contribution in [0.5, 0.6) is 5.75 Å². The Hall–Kier alpha value is -1.09. The van der Waals surface area contributed by atoms with Crippen molar-refractivity contribution in [3.8, 4) is 5.75 Å². The van der Waals surface area contributed by atoms with E-state index in [-0.39, 0.29) is 11.8 Å². The molecule has 0 spiro atoms. The van der Waals surface area contributed by atoms with Gasteiger partial charge in [0.2, 0.25) is 0 Å². The third-order valence-corrected chi connectivity index (χ3v) is 3.24. The zero-order valence-electron chi connectivity index (χ0n) is 9.54. The fourth-order valence-corrected chi connectivity index (χ4v) is 2.34. The number of aromatic hydroxyl groups is 1. The number of phenols is 1. The molecule has 16 heavy (non-hydrogen) atoms.